The molecule has 11 heteroatoms. The van der Waals surface area contributed by atoms with Crippen molar-refractivity contribution in [2.45, 2.75) is 45.9 Å². The van der Waals surface area contributed by atoms with E-state index in [2.05, 4.69) is 15.0 Å². The highest BCUT2D eigenvalue weighted by Gasteiger charge is 2.20. The Morgan fingerprint density at radius 1 is 1.18 bits per heavy atom. The molecule has 4 N–H and O–H groups in total. The molecule has 0 saturated carbocycles. The lowest BCUT2D eigenvalue weighted by Gasteiger charge is -2.24. The molecule has 0 bridgehead atoms. The lowest BCUT2D eigenvalue weighted by Crippen LogP contribution is -2.40. The van der Waals surface area contributed by atoms with Gasteiger partial charge in [-0.15, -0.1) is 12.4 Å². The van der Waals surface area contributed by atoms with Gasteiger partial charge in [0, 0.05) is 19.5 Å². The SMILES string of the molecule is CCNS(=O)(=O)CC(C)OC(Cc1ccc(C)cc1)NCCc1ccc(O)c2[nH]c(=O)sc12.Cl. The average molecular weight is 530 g/mol. The quantitative estimate of drug-likeness (QED) is 0.268. The molecule has 0 aliphatic heterocycles. The third-order valence-corrected chi connectivity index (χ3v) is 7.76. The molecule has 0 spiro atoms. The van der Waals surface area contributed by atoms with Crippen LogP contribution in [0.1, 0.15) is 30.5 Å². The zero-order valence-electron chi connectivity index (χ0n) is 19.5. The van der Waals surface area contributed by atoms with Crippen molar-refractivity contribution in [3.05, 3.63) is 62.8 Å². The number of phenolic OH excluding ortho intramolecular Hbond substituents is 1. The van der Waals surface area contributed by atoms with Gasteiger partial charge in [0.15, 0.2) is 0 Å². The van der Waals surface area contributed by atoms with Crippen molar-refractivity contribution in [3.63, 3.8) is 0 Å². The van der Waals surface area contributed by atoms with E-state index in [-0.39, 0.29) is 28.8 Å². The van der Waals surface area contributed by atoms with E-state index in [1.165, 1.54) is 0 Å². The van der Waals surface area contributed by atoms with E-state index in [0.29, 0.717) is 31.4 Å². The standard InChI is InChI=1S/C23H31N3O5S2.ClH/c1-4-25-33(29,30)14-16(3)31-20(13-17-7-5-15(2)6-8-17)24-12-11-18-9-10-19(27)21-22(18)32-23(28)26-21;/h5-10,16,20,24-25,27H,4,11-14H2,1-3H3,(H,26,28);1H. The molecule has 0 fully saturated rings. The van der Waals surface area contributed by atoms with Gasteiger partial charge < -0.3 is 14.8 Å². The number of ether oxygens (including phenoxy) is 1. The van der Waals surface area contributed by atoms with Gasteiger partial charge in [0.1, 0.15) is 17.5 Å². The van der Waals surface area contributed by atoms with Crippen LogP contribution in [0.3, 0.4) is 0 Å². The molecule has 1 heterocycles. The maximum Gasteiger partial charge on any atom is 0.305 e. The predicted octanol–water partition coefficient (Wildman–Crippen LogP) is 3.07. The van der Waals surface area contributed by atoms with Crippen LogP contribution < -0.4 is 14.9 Å². The van der Waals surface area contributed by atoms with Crippen molar-refractivity contribution < 1.29 is 18.3 Å². The van der Waals surface area contributed by atoms with Crippen LogP contribution in [0, 0.1) is 6.92 Å². The fourth-order valence-corrected chi connectivity index (χ4v) is 5.80. The van der Waals surface area contributed by atoms with Gasteiger partial charge in [-0.25, -0.2) is 13.1 Å². The molecule has 0 aliphatic rings. The Hall–Kier alpha value is -1.95. The summed E-state index contributed by atoms with van der Waals surface area (Å²) in [4.78, 5) is 14.2. The molecule has 2 aromatic carbocycles. The van der Waals surface area contributed by atoms with Crippen molar-refractivity contribution in [1.29, 1.82) is 0 Å². The molecule has 0 saturated heterocycles. The van der Waals surface area contributed by atoms with Crippen LogP contribution in [-0.2, 0) is 27.6 Å². The third kappa shape index (κ3) is 8.07. The summed E-state index contributed by atoms with van der Waals surface area (Å²) in [5, 5.41) is 13.4. The Kier molecular flexibility index (Phi) is 10.5. The molecular weight excluding hydrogens is 498 g/mol. The van der Waals surface area contributed by atoms with Gasteiger partial charge in [0.25, 0.3) is 0 Å². The highest BCUT2D eigenvalue weighted by atomic mass is 35.5. The van der Waals surface area contributed by atoms with Gasteiger partial charge in [-0.1, -0.05) is 54.2 Å². The van der Waals surface area contributed by atoms with E-state index >= 15 is 0 Å². The number of aromatic amines is 1. The fraction of sp³-hybridized carbons (Fsp3) is 0.435. The summed E-state index contributed by atoms with van der Waals surface area (Å²) in [6, 6.07) is 11.5. The Morgan fingerprint density at radius 3 is 2.56 bits per heavy atom. The van der Waals surface area contributed by atoms with Gasteiger partial charge in [0.05, 0.1) is 16.6 Å². The lowest BCUT2D eigenvalue weighted by molar-refractivity contribution is -0.00950. The number of thiazole rings is 1. The van der Waals surface area contributed by atoms with Gasteiger partial charge in [-0.2, -0.15) is 0 Å². The molecule has 0 amide bonds. The van der Waals surface area contributed by atoms with Crippen LogP contribution in [0.15, 0.2) is 41.2 Å². The Morgan fingerprint density at radius 2 is 1.88 bits per heavy atom. The number of halogens is 1. The molecule has 2 unspecified atom stereocenters. The van der Waals surface area contributed by atoms with Gasteiger partial charge >= 0.3 is 4.87 Å². The molecule has 3 aromatic rings. The lowest BCUT2D eigenvalue weighted by atomic mass is 10.1. The maximum absolute atomic E-state index is 12.1. The Balaban J connectivity index is 0.00000408. The van der Waals surface area contributed by atoms with Crippen LogP contribution in [0.2, 0.25) is 0 Å². The number of aromatic hydroxyl groups is 1. The van der Waals surface area contributed by atoms with Crippen molar-refractivity contribution in [2.75, 3.05) is 18.8 Å². The number of hydrogen-bond donors (Lipinski definition) is 4. The molecule has 0 radical (unpaired) electrons. The first kappa shape index (κ1) is 28.3. The minimum atomic E-state index is -3.40. The Bertz CT molecular complexity index is 1230. The van der Waals surface area contributed by atoms with Crippen LogP contribution in [-0.4, -0.2) is 49.7 Å². The number of fused-ring (bicyclic) bond motifs is 1. The Labute approximate surface area is 210 Å². The first-order valence-electron chi connectivity index (χ1n) is 10.9. The molecule has 34 heavy (non-hydrogen) atoms. The van der Waals surface area contributed by atoms with Gasteiger partial charge in [0.2, 0.25) is 10.0 Å². The molecule has 1 aromatic heterocycles. The molecular formula is C23H32ClN3O5S2. The van der Waals surface area contributed by atoms with Gasteiger partial charge in [-0.3, -0.25) is 10.1 Å². The van der Waals surface area contributed by atoms with Gasteiger partial charge in [-0.05, 0) is 37.5 Å². The molecule has 2 atom stereocenters. The van der Waals surface area contributed by atoms with Crippen molar-refractivity contribution in [2.24, 2.45) is 0 Å². The summed E-state index contributed by atoms with van der Waals surface area (Å²) in [5.74, 6) is -0.0700. The summed E-state index contributed by atoms with van der Waals surface area (Å²) in [6.07, 6.45) is 0.293. The number of nitrogens with one attached hydrogen (secondary N) is 3. The van der Waals surface area contributed by atoms with E-state index in [0.717, 1.165) is 32.7 Å². The van der Waals surface area contributed by atoms with Crippen LogP contribution in [0.4, 0.5) is 0 Å². The smallest absolute Gasteiger partial charge is 0.305 e. The van der Waals surface area contributed by atoms with E-state index < -0.39 is 22.4 Å². The molecule has 188 valence electrons. The van der Waals surface area contributed by atoms with Crippen LogP contribution >= 0.6 is 23.7 Å². The number of hydrogen-bond acceptors (Lipinski definition) is 7. The zero-order chi connectivity index (χ0) is 24.0. The second-order valence-electron chi connectivity index (χ2n) is 8.07. The average Bonchev–Trinajstić information content (AvgIpc) is 3.13. The summed E-state index contributed by atoms with van der Waals surface area (Å²) in [5.41, 5.74) is 3.64. The number of sulfonamides is 1. The first-order chi connectivity index (χ1) is 15.7. The monoisotopic (exact) mass is 529 g/mol. The molecule has 8 nitrogen and oxygen atoms in total. The zero-order valence-corrected chi connectivity index (χ0v) is 21.9. The topological polar surface area (TPSA) is 121 Å². The minimum Gasteiger partial charge on any atom is -0.506 e. The number of H-pyrrole nitrogens is 1. The number of aryl methyl sites for hydroxylation is 1. The number of rotatable bonds is 12. The third-order valence-electron chi connectivity index (χ3n) is 5.16. The number of aromatic nitrogens is 1. The summed E-state index contributed by atoms with van der Waals surface area (Å²) < 4.78 is 33.5. The fourth-order valence-electron chi connectivity index (χ4n) is 3.65. The van der Waals surface area contributed by atoms with Crippen molar-refractivity contribution in [1.82, 2.24) is 15.0 Å². The van der Waals surface area contributed by atoms with E-state index in [9.17, 15) is 18.3 Å². The number of benzene rings is 2. The first-order valence-corrected chi connectivity index (χ1v) is 13.4. The van der Waals surface area contributed by atoms with Crippen molar-refractivity contribution >= 4 is 44.0 Å². The molecule has 0 aliphatic carbocycles. The highest BCUT2D eigenvalue weighted by Crippen LogP contribution is 2.27. The van der Waals surface area contributed by atoms with E-state index in [1.807, 2.05) is 37.3 Å². The minimum absolute atomic E-state index is 0. The predicted molar refractivity (Wildman–Crippen MR) is 140 cm³/mol. The van der Waals surface area contributed by atoms with Crippen LogP contribution in [0.5, 0.6) is 5.75 Å². The second-order valence-corrected chi connectivity index (χ2v) is 10.9. The second kappa shape index (κ2) is 12.7. The normalized spacial score (nSPS) is 13.5. The van der Waals surface area contributed by atoms with E-state index in [1.54, 1.807) is 19.9 Å². The van der Waals surface area contributed by atoms with Crippen LogP contribution in [0.25, 0.3) is 10.2 Å². The number of phenols is 1. The summed E-state index contributed by atoms with van der Waals surface area (Å²) in [6.45, 7) is 6.41. The summed E-state index contributed by atoms with van der Waals surface area (Å²) in [7, 11) is -3.40. The largest absolute Gasteiger partial charge is 0.506 e. The molecule has 3 rings (SSSR count). The summed E-state index contributed by atoms with van der Waals surface area (Å²) >= 11 is 1.07. The highest BCUT2D eigenvalue weighted by molar-refractivity contribution is 7.89. The maximum atomic E-state index is 12.1. The van der Waals surface area contributed by atoms with Crippen molar-refractivity contribution in [3.8, 4) is 5.75 Å². The van der Waals surface area contributed by atoms with E-state index in [4.69, 9.17) is 4.74 Å².